The second-order valence-electron chi connectivity index (χ2n) is 4.93. The Labute approximate surface area is 135 Å². The van der Waals surface area contributed by atoms with E-state index in [0.717, 1.165) is 0 Å². The molecule has 1 amide bonds. The van der Waals surface area contributed by atoms with Gasteiger partial charge < -0.3 is 14.1 Å². The van der Waals surface area contributed by atoms with Crippen LogP contribution in [0.3, 0.4) is 0 Å². The predicted octanol–water partition coefficient (Wildman–Crippen LogP) is 2.72. The van der Waals surface area contributed by atoms with E-state index in [2.05, 4.69) is 10.3 Å². The molecule has 0 aliphatic heterocycles. The molecule has 2 heterocycles. The summed E-state index contributed by atoms with van der Waals surface area (Å²) in [5.41, 5.74) is 0.200. The van der Waals surface area contributed by atoms with Gasteiger partial charge in [0.05, 0.1) is 17.7 Å². The number of carbonyl (C=O) groups is 1. The minimum atomic E-state index is -0.672. The van der Waals surface area contributed by atoms with Crippen LogP contribution < -0.4 is 16.3 Å². The molecule has 0 radical (unpaired) electrons. The highest BCUT2D eigenvalue weighted by atomic mass is 16.5. The van der Waals surface area contributed by atoms with E-state index >= 15 is 0 Å². The van der Waals surface area contributed by atoms with Crippen LogP contribution >= 0.6 is 0 Å². The molecule has 0 aliphatic carbocycles. The van der Waals surface area contributed by atoms with Crippen LogP contribution in [0.5, 0.6) is 0 Å². The number of H-pyrrole nitrogens is 1. The standard InChI is InChI=1S/C17H14N2O5/c1-2-23-17(22)18-11-7-8-15(21)19-16(11)14-9-12(20)10-5-3-4-6-13(10)24-14/h3-9H,2H2,1H3,(H,18,22)(H,19,21). The molecule has 7 heteroatoms. The van der Waals surface area contributed by atoms with Gasteiger partial charge in [-0.1, -0.05) is 12.1 Å². The van der Waals surface area contributed by atoms with Crippen molar-refractivity contribution in [2.45, 2.75) is 6.92 Å². The molecule has 0 bridgehead atoms. The van der Waals surface area contributed by atoms with Gasteiger partial charge in [-0.2, -0.15) is 0 Å². The average Bonchev–Trinajstić information content (AvgIpc) is 2.56. The second kappa shape index (κ2) is 6.41. The minimum absolute atomic E-state index is 0.142. The van der Waals surface area contributed by atoms with Crippen LogP contribution in [0.1, 0.15) is 6.92 Å². The molecule has 1 aromatic carbocycles. The van der Waals surface area contributed by atoms with Crippen molar-refractivity contribution in [3.05, 3.63) is 63.0 Å². The van der Waals surface area contributed by atoms with Gasteiger partial charge in [-0.3, -0.25) is 14.9 Å². The van der Waals surface area contributed by atoms with Gasteiger partial charge in [-0.05, 0) is 25.1 Å². The predicted molar refractivity (Wildman–Crippen MR) is 89.2 cm³/mol. The third-order valence-corrected chi connectivity index (χ3v) is 3.31. The molecule has 0 saturated heterocycles. The number of ether oxygens (including phenoxy) is 1. The molecule has 24 heavy (non-hydrogen) atoms. The molecular weight excluding hydrogens is 312 g/mol. The zero-order valence-corrected chi connectivity index (χ0v) is 12.8. The average molecular weight is 326 g/mol. The lowest BCUT2D eigenvalue weighted by Gasteiger charge is -2.10. The Kier molecular flexibility index (Phi) is 4.15. The van der Waals surface area contributed by atoms with Crippen LogP contribution in [-0.4, -0.2) is 17.7 Å². The smallest absolute Gasteiger partial charge is 0.411 e. The number of benzene rings is 1. The first kappa shape index (κ1) is 15.5. The molecule has 122 valence electrons. The maximum atomic E-state index is 12.2. The number of hydrogen-bond donors (Lipinski definition) is 2. The van der Waals surface area contributed by atoms with Crippen molar-refractivity contribution in [1.82, 2.24) is 4.98 Å². The summed E-state index contributed by atoms with van der Waals surface area (Å²) < 4.78 is 10.5. The number of aromatic nitrogens is 1. The number of carbonyl (C=O) groups excluding carboxylic acids is 1. The molecule has 3 aromatic rings. The zero-order valence-electron chi connectivity index (χ0n) is 12.8. The summed E-state index contributed by atoms with van der Waals surface area (Å²) in [6.07, 6.45) is -0.672. The van der Waals surface area contributed by atoms with Gasteiger partial charge in [0.1, 0.15) is 11.3 Å². The lowest BCUT2D eigenvalue weighted by atomic mass is 10.2. The summed E-state index contributed by atoms with van der Waals surface area (Å²) in [6.45, 7) is 1.88. The number of rotatable bonds is 3. The summed E-state index contributed by atoms with van der Waals surface area (Å²) in [7, 11) is 0. The summed E-state index contributed by atoms with van der Waals surface area (Å²) in [4.78, 5) is 38.1. The number of pyridine rings is 1. The third kappa shape index (κ3) is 3.05. The van der Waals surface area contributed by atoms with Crippen molar-refractivity contribution >= 4 is 22.7 Å². The Morgan fingerprint density at radius 1 is 1.21 bits per heavy atom. The molecule has 3 rings (SSSR count). The van der Waals surface area contributed by atoms with Crippen LogP contribution in [0.15, 0.2) is 56.5 Å². The van der Waals surface area contributed by atoms with Crippen molar-refractivity contribution < 1.29 is 13.9 Å². The summed E-state index contributed by atoms with van der Waals surface area (Å²) >= 11 is 0. The molecule has 2 aromatic heterocycles. The number of aromatic amines is 1. The lowest BCUT2D eigenvalue weighted by Crippen LogP contribution is -2.16. The van der Waals surface area contributed by atoms with Gasteiger partial charge >= 0.3 is 6.09 Å². The largest absolute Gasteiger partial charge is 0.454 e. The minimum Gasteiger partial charge on any atom is -0.454 e. The molecule has 0 spiro atoms. The monoisotopic (exact) mass is 326 g/mol. The number of fused-ring (bicyclic) bond motifs is 1. The van der Waals surface area contributed by atoms with Crippen LogP contribution in [0.4, 0.5) is 10.5 Å². The number of amides is 1. The third-order valence-electron chi connectivity index (χ3n) is 3.31. The van der Waals surface area contributed by atoms with E-state index in [1.54, 1.807) is 31.2 Å². The van der Waals surface area contributed by atoms with E-state index in [9.17, 15) is 14.4 Å². The number of hydrogen-bond acceptors (Lipinski definition) is 5. The van der Waals surface area contributed by atoms with Crippen LogP contribution in [0.25, 0.3) is 22.4 Å². The van der Waals surface area contributed by atoms with E-state index in [-0.39, 0.29) is 29.2 Å². The Bertz CT molecular complexity index is 1020. The Balaban J connectivity index is 2.15. The van der Waals surface area contributed by atoms with Gasteiger partial charge in [0, 0.05) is 12.1 Å². The Morgan fingerprint density at radius 3 is 2.79 bits per heavy atom. The van der Waals surface area contributed by atoms with Gasteiger partial charge in [0.25, 0.3) is 0 Å². The summed E-state index contributed by atoms with van der Waals surface area (Å²) in [6, 6.07) is 10.7. The molecule has 2 N–H and O–H groups in total. The van der Waals surface area contributed by atoms with Crippen molar-refractivity contribution in [2.75, 3.05) is 11.9 Å². The lowest BCUT2D eigenvalue weighted by molar-refractivity contribution is 0.168. The van der Waals surface area contributed by atoms with Crippen LogP contribution in [0.2, 0.25) is 0 Å². The molecular formula is C17H14N2O5. The second-order valence-corrected chi connectivity index (χ2v) is 4.93. The Hall–Kier alpha value is -3.35. The number of nitrogens with one attached hydrogen (secondary N) is 2. The number of anilines is 1. The fraction of sp³-hybridized carbons (Fsp3) is 0.118. The van der Waals surface area contributed by atoms with Gasteiger partial charge in [-0.15, -0.1) is 0 Å². The Morgan fingerprint density at radius 2 is 2.00 bits per heavy atom. The first-order valence-corrected chi connectivity index (χ1v) is 7.29. The highest BCUT2D eigenvalue weighted by molar-refractivity contribution is 5.90. The first-order valence-electron chi connectivity index (χ1n) is 7.29. The summed E-state index contributed by atoms with van der Waals surface area (Å²) in [5.74, 6) is 0.142. The van der Waals surface area contributed by atoms with E-state index in [1.165, 1.54) is 18.2 Å². The van der Waals surface area contributed by atoms with Crippen molar-refractivity contribution in [2.24, 2.45) is 0 Å². The highest BCUT2D eigenvalue weighted by Gasteiger charge is 2.14. The zero-order chi connectivity index (χ0) is 17.1. The maximum Gasteiger partial charge on any atom is 0.411 e. The van der Waals surface area contributed by atoms with Crippen LogP contribution in [0, 0.1) is 0 Å². The SMILES string of the molecule is CCOC(=O)Nc1ccc(=O)[nH]c1-c1cc(=O)c2ccccc2o1. The van der Waals surface area contributed by atoms with Crippen molar-refractivity contribution in [3.8, 4) is 11.5 Å². The van der Waals surface area contributed by atoms with Crippen molar-refractivity contribution in [1.29, 1.82) is 0 Å². The van der Waals surface area contributed by atoms with Crippen LogP contribution in [-0.2, 0) is 4.74 Å². The van der Waals surface area contributed by atoms with Crippen molar-refractivity contribution in [3.63, 3.8) is 0 Å². The normalized spacial score (nSPS) is 10.5. The van der Waals surface area contributed by atoms with Gasteiger partial charge in [0.15, 0.2) is 11.2 Å². The quantitative estimate of drug-likeness (QED) is 0.770. The molecule has 0 aliphatic rings. The van der Waals surface area contributed by atoms with E-state index in [0.29, 0.717) is 11.0 Å². The number of para-hydroxylation sites is 1. The molecule has 0 saturated carbocycles. The topological polar surface area (TPSA) is 101 Å². The molecule has 0 unspecified atom stereocenters. The fourth-order valence-corrected chi connectivity index (χ4v) is 2.28. The van der Waals surface area contributed by atoms with Gasteiger partial charge in [-0.25, -0.2) is 4.79 Å². The fourth-order valence-electron chi connectivity index (χ4n) is 2.28. The highest BCUT2D eigenvalue weighted by Crippen LogP contribution is 2.26. The van der Waals surface area contributed by atoms with E-state index < -0.39 is 11.7 Å². The van der Waals surface area contributed by atoms with E-state index in [4.69, 9.17) is 9.15 Å². The van der Waals surface area contributed by atoms with Gasteiger partial charge in [0.2, 0.25) is 5.56 Å². The molecule has 7 nitrogen and oxygen atoms in total. The van der Waals surface area contributed by atoms with E-state index in [1.807, 2.05) is 0 Å². The first-order chi connectivity index (χ1) is 11.6. The summed E-state index contributed by atoms with van der Waals surface area (Å²) in [5, 5.41) is 2.94. The maximum absolute atomic E-state index is 12.2. The molecule has 0 fully saturated rings. The molecule has 0 atom stereocenters.